The number of aromatic carboxylic acids is 1. The zero-order chi connectivity index (χ0) is 11.7. The first kappa shape index (κ1) is 10.6. The smallest absolute Gasteiger partial charge is 0.362 e. The number of carboxylic acid groups (broad SMARTS) is 1. The van der Waals surface area contributed by atoms with Crippen molar-refractivity contribution in [2.75, 3.05) is 11.4 Å². The molecule has 0 spiro atoms. The Kier molecular flexibility index (Phi) is 2.59. The van der Waals surface area contributed by atoms with Crippen LogP contribution >= 0.6 is 0 Å². The van der Waals surface area contributed by atoms with Crippen LogP contribution in [0.25, 0.3) is 0 Å². The lowest BCUT2D eigenvalue weighted by Gasteiger charge is -2.21. The van der Waals surface area contributed by atoms with Crippen molar-refractivity contribution in [1.29, 1.82) is 0 Å². The summed E-state index contributed by atoms with van der Waals surface area (Å²) in [5.41, 5.74) is -0.242. The summed E-state index contributed by atoms with van der Waals surface area (Å²) in [4.78, 5) is 23.8. The van der Waals surface area contributed by atoms with Gasteiger partial charge in [0.05, 0.1) is 6.04 Å². The molecule has 7 heteroatoms. The van der Waals surface area contributed by atoms with E-state index in [0.717, 1.165) is 6.42 Å². The lowest BCUT2D eigenvalue weighted by atomic mass is 10.1. The molecule has 1 atom stereocenters. The number of carbonyl (C=O) groups excluding carboxylic acids is 1. The molecule has 0 aromatic carbocycles. The first-order chi connectivity index (χ1) is 7.61. The van der Waals surface area contributed by atoms with Gasteiger partial charge in [-0.3, -0.25) is 4.79 Å². The first-order valence-corrected chi connectivity index (χ1v) is 4.94. The molecule has 86 valence electrons. The van der Waals surface area contributed by atoms with Crippen LogP contribution in [0, 0.1) is 0 Å². The van der Waals surface area contributed by atoms with Gasteiger partial charge in [-0.2, -0.15) is 0 Å². The van der Waals surface area contributed by atoms with Crippen LogP contribution in [0.2, 0.25) is 0 Å². The van der Waals surface area contributed by atoms with Gasteiger partial charge in [0.15, 0.2) is 5.78 Å². The summed E-state index contributed by atoms with van der Waals surface area (Å²) in [7, 11) is 0. The fraction of sp³-hybridized carbons (Fsp3) is 0.556. The van der Waals surface area contributed by atoms with Crippen molar-refractivity contribution in [3.63, 3.8) is 0 Å². The predicted molar refractivity (Wildman–Crippen MR) is 52.3 cm³/mol. The molecule has 0 amide bonds. The molecule has 1 aliphatic rings. The number of rotatable bonds is 3. The Morgan fingerprint density at radius 2 is 2.25 bits per heavy atom. The monoisotopic (exact) mass is 225 g/mol. The maximum atomic E-state index is 11.4. The largest absolute Gasteiger partial charge is 0.476 e. The average molecular weight is 225 g/mol. The van der Waals surface area contributed by atoms with Crippen molar-refractivity contribution in [2.45, 2.75) is 25.8 Å². The highest BCUT2D eigenvalue weighted by atomic mass is 16.6. The number of hydrogen-bond acceptors (Lipinski definition) is 6. The third-order valence-corrected chi connectivity index (χ3v) is 2.67. The zero-order valence-corrected chi connectivity index (χ0v) is 8.71. The van der Waals surface area contributed by atoms with Crippen LogP contribution in [0.15, 0.2) is 4.63 Å². The van der Waals surface area contributed by atoms with Crippen LogP contribution in [0.4, 0.5) is 5.82 Å². The number of aromatic nitrogens is 2. The van der Waals surface area contributed by atoms with Crippen LogP contribution in [-0.2, 0) is 4.79 Å². The zero-order valence-electron chi connectivity index (χ0n) is 8.71. The Labute approximate surface area is 91.0 Å². The topological polar surface area (TPSA) is 96.5 Å². The molecule has 1 N–H and O–H groups in total. The maximum absolute atomic E-state index is 11.4. The van der Waals surface area contributed by atoms with Gasteiger partial charge in [-0.25, -0.2) is 9.42 Å². The van der Waals surface area contributed by atoms with Crippen molar-refractivity contribution >= 4 is 17.6 Å². The SMILES string of the molecule is CC(=O)C1CCCN1c1nonc1C(=O)O. The van der Waals surface area contributed by atoms with E-state index in [-0.39, 0.29) is 23.3 Å². The Morgan fingerprint density at radius 1 is 1.50 bits per heavy atom. The van der Waals surface area contributed by atoms with Gasteiger partial charge in [-0.1, -0.05) is 0 Å². The quantitative estimate of drug-likeness (QED) is 0.791. The average Bonchev–Trinajstić information content (AvgIpc) is 2.85. The molecule has 1 saturated heterocycles. The molecule has 0 radical (unpaired) electrons. The lowest BCUT2D eigenvalue weighted by molar-refractivity contribution is -0.118. The van der Waals surface area contributed by atoms with Gasteiger partial charge in [-0.05, 0) is 30.1 Å². The number of carboxylic acids is 1. The van der Waals surface area contributed by atoms with Crippen molar-refractivity contribution < 1.29 is 19.3 Å². The normalized spacial score (nSPS) is 20.1. The van der Waals surface area contributed by atoms with Gasteiger partial charge in [0, 0.05) is 6.54 Å². The Hall–Kier alpha value is -1.92. The van der Waals surface area contributed by atoms with Crippen LogP contribution in [-0.4, -0.2) is 39.8 Å². The summed E-state index contributed by atoms with van der Waals surface area (Å²) in [5.74, 6) is -1.06. The number of Topliss-reactive ketones (excluding diaryl/α,β-unsaturated/α-hetero) is 1. The molecule has 0 bridgehead atoms. The fourth-order valence-electron chi connectivity index (χ4n) is 1.95. The highest BCUT2D eigenvalue weighted by molar-refractivity contribution is 5.93. The number of carbonyl (C=O) groups is 2. The van der Waals surface area contributed by atoms with Crippen LogP contribution < -0.4 is 4.90 Å². The summed E-state index contributed by atoms with van der Waals surface area (Å²) < 4.78 is 4.41. The molecule has 2 heterocycles. The van der Waals surface area contributed by atoms with E-state index >= 15 is 0 Å². The highest BCUT2D eigenvalue weighted by Gasteiger charge is 2.34. The third-order valence-electron chi connectivity index (χ3n) is 2.67. The number of anilines is 1. The minimum Gasteiger partial charge on any atom is -0.476 e. The van der Waals surface area contributed by atoms with E-state index < -0.39 is 5.97 Å². The number of hydrogen-bond donors (Lipinski definition) is 1. The molecule has 0 saturated carbocycles. The molecule has 1 fully saturated rings. The van der Waals surface area contributed by atoms with E-state index in [1.54, 1.807) is 4.90 Å². The molecule has 1 aromatic rings. The molecule has 1 unspecified atom stereocenters. The van der Waals surface area contributed by atoms with Crippen molar-refractivity contribution in [2.24, 2.45) is 0 Å². The Morgan fingerprint density at radius 3 is 2.88 bits per heavy atom. The van der Waals surface area contributed by atoms with Crippen molar-refractivity contribution in [3.05, 3.63) is 5.69 Å². The maximum Gasteiger partial charge on any atom is 0.362 e. The van der Waals surface area contributed by atoms with Gasteiger partial charge in [0.2, 0.25) is 11.5 Å². The lowest BCUT2D eigenvalue weighted by Crippen LogP contribution is -2.35. The second-order valence-corrected chi connectivity index (χ2v) is 3.70. The van der Waals surface area contributed by atoms with Gasteiger partial charge < -0.3 is 10.0 Å². The Balaban J connectivity index is 2.33. The summed E-state index contributed by atoms with van der Waals surface area (Å²) in [6.45, 7) is 2.08. The van der Waals surface area contributed by atoms with E-state index in [1.807, 2.05) is 0 Å². The van der Waals surface area contributed by atoms with E-state index in [9.17, 15) is 9.59 Å². The summed E-state index contributed by atoms with van der Waals surface area (Å²) in [6.07, 6.45) is 1.54. The molecule has 1 aromatic heterocycles. The second kappa shape index (κ2) is 3.92. The van der Waals surface area contributed by atoms with Gasteiger partial charge in [-0.15, -0.1) is 0 Å². The molecule has 0 aliphatic carbocycles. The second-order valence-electron chi connectivity index (χ2n) is 3.70. The van der Waals surface area contributed by atoms with E-state index in [2.05, 4.69) is 14.9 Å². The summed E-state index contributed by atoms with van der Waals surface area (Å²) >= 11 is 0. The molecular formula is C9H11N3O4. The predicted octanol–water partition coefficient (Wildman–Crippen LogP) is 0.326. The van der Waals surface area contributed by atoms with Crippen LogP contribution in [0.3, 0.4) is 0 Å². The van der Waals surface area contributed by atoms with Gasteiger partial charge in [0.25, 0.3) is 0 Å². The number of ketones is 1. The van der Waals surface area contributed by atoms with Crippen LogP contribution in [0.1, 0.15) is 30.3 Å². The number of nitrogens with zero attached hydrogens (tertiary/aromatic N) is 3. The minimum absolute atomic E-state index is 0.00293. The van der Waals surface area contributed by atoms with Gasteiger partial charge in [0.1, 0.15) is 0 Å². The standard InChI is InChI=1S/C9H11N3O4/c1-5(13)6-3-2-4-12(6)8-7(9(14)15)10-16-11-8/h6H,2-4H2,1H3,(H,14,15). The fourth-order valence-corrected chi connectivity index (χ4v) is 1.95. The van der Waals surface area contributed by atoms with Crippen molar-refractivity contribution in [1.82, 2.24) is 10.3 Å². The molecular weight excluding hydrogens is 214 g/mol. The van der Waals surface area contributed by atoms with E-state index in [0.29, 0.717) is 13.0 Å². The highest BCUT2D eigenvalue weighted by Crippen LogP contribution is 2.26. The minimum atomic E-state index is -1.20. The van der Waals surface area contributed by atoms with Gasteiger partial charge >= 0.3 is 5.97 Å². The summed E-state index contributed by atoms with van der Waals surface area (Å²) in [5, 5.41) is 15.7. The van der Waals surface area contributed by atoms with E-state index in [1.165, 1.54) is 6.92 Å². The third kappa shape index (κ3) is 1.64. The molecule has 7 nitrogen and oxygen atoms in total. The van der Waals surface area contributed by atoms with Crippen LogP contribution in [0.5, 0.6) is 0 Å². The Bertz CT molecular complexity index is 428. The van der Waals surface area contributed by atoms with E-state index in [4.69, 9.17) is 5.11 Å². The first-order valence-electron chi connectivity index (χ1n) is 4.94. The molecule has 2 rings (SSSR count). The molecule has 16 heavy (non-hydrogen) atoms. The van der Waals surface area contributed by atoms with Crippen molar-refractivity contribution in [3.8, 4) is 0 Å². The summed E-state index contributed by atoms with van der Waals surface area (Å²) in [6, 6.07) is -0.315. The molecule has 1 aliphatic heterocycles.